The number of rotatable bonds is 6. The molecule has 160 valence electrons. The lowest BCUT2D eigenvalue weighted by Crippen LogP contribution is -2.46. The zero-order valence-electron chi connectivity index (χ0n) is 17.3. The van der Waals surface area contributed by atoms with Crippen molar-refractivity contribution in [2.45, 2.75) is 32.0 Å². The van der Waals surface area contributed by atoms with E-state index in [1.165, 1.54) is 5.56 Å². The smallest absolute Gasteiger partial charge is 0.254 e. The monoisotopic (exact) mass is 419 g/mol. The van der Waals surface area contributed by atoms with Crippen LogP contribution in [-0.4, -0.2) is 46.6 Å². The van der Waals surface area contributed by atoms with Gasteiger partial charge in [-0.05, 0) is 60.9 Å². The Hall–Kier alpha value is -3.32. The van der Waals surface area contributed by atoms with Crippen molar-refractivity contribution in [3.63, 3.8) is 0 Å². The summed E-state index contributed by atoms with van der Waals surface area (Å²) in [6.07, 6.45) is 7.15. The van der Waals surface area contributed by atoms with Crippen LogP contribution in [0.4, 0.5) is 0 Å². The lowest BCUT2D eigenvalue weighted by Gasteiger charge is -2.38. The topological polar surface area (TPSA) is 68.0 Å². The minimum absolute atomic E-state index is 0.0118. The number of nitrogens with zero attached hydrogens (tertiary/aromatic N) is 3. The molecule has 4 heterocycles. The second-order valence-corrected chi connectivity index (χ2v) is 7.94. The number of carbonyl (C=O) groups excluding carboxylic acids is 1. The molecule has 0 radical (unpaired) electrons. The molecule has 0 aliphatic carbocycles. The first-order valence-corrected chi connectivity index (χ1v) is 10.6. The van der Waals surface area contributed by atoms with E-state index in [1.54, 1.807) is 18.4 Å². The van der Waals surface area contributed by atoms with Crippen LogP contribution in [0.5, 0.6) is 11.5 Å². The first-order chi connectivity index (χ1) is 15.3. The molecule has 1 saturated heterocycles. The minimum atomic E-state index is -0.0118. The van der Waals surface area contributed by atoms with Crippen LogP contribution in [0.2, 0.25) is 0 Å². The van der Waals surface area contributed by atoms with E-state index in [4.69, 9.17) is 13.9 Å². The molecule has 5 rings (SSSR count). The maximum Gasteiger partial charge on any atom is 0.254 e. The van der Waals surface area contributed by atoms with Gasteiger partial charge in [0.2, 0.25) is 6.79 Å². The van der Waals surface area contributed by atoms with Crippen molar-refractivity contribution in [2.24, 2.45) is 0 Å². The van der Waals surface area contributed by atoms with E-state index in [1.807, 2.05) is 35.5 Å². The van der Waals surface area contributed by atoms with Gasteiger partial charge in [0.05, 0.1) is 12.8 Å². The van der Waals surface area contributed by atoms with Crippen LogP contribution in [0.3, 0.4) is 0 Å². The Morgan fingerprint density at radius 3 is 2.65 bits per heavy atom. The molecule has 0 atom stereocenters. The molecule has 0 N–H and O–H groups in total. The van der Waals surface area contributed by atoms with Gasteiger partial charge in [-0.25, -0.2) is 0 Å². The Morgan fingerprint density at radius 2 is 1.87 bits per heavy atom. The highest BCUT2D eigenvalue weighted by Gasteiger charge is 2.30. The molecule has 0 unspecified atom stereocenters. The quantitative estimate of drug-likeness (QED) is 0.607. The summed E-state index contributed by atoms with van der Waals surface area (Å²) < 4.78 is 16.4. The highest BCUT2D eigenvalue weighted by atomic mass is 16.7. The molecule has 7 nitrogen and oxygen atoms in total. The van der Waals surface area contributed by atoms with Crippen LogP contribution in [0, 0.1) is 0 Å². The zero-order chi connectivity index (χ0) is 21.0. The normalized spacial score (nSPS) is 16.4. The van der Waals surface area contributed by atoms with Gasteiger partial charge in [-0.15, -0.1) is 0 Å². The molecule has 0 saturated carbocycles. The molecule has 1 amide bonds. The molecule has 2 aliphatic rings. The number of aromatic nitrogens is 1. The molecule has 0 bridgehead atoms. The second-order valence-electron chi connectivity index (χ2n) is 7.94. The minimum Gasteiger partial charge on any atom is -0.467 e. The third-order valence-electron chi connectivity index (χ3n) is 5.94. The van der Waals surface area contributed by atoms with Crippen LogP contribution >= 0.6 is 0 Å². The van der Waals surface area contributed by atoms with Gasteiger partial charge >= 0.3 is 0 Å². The van der Waals surface area contributed by atoms with Crippen molar-refractivity contribution < 1.29 is 18.7 Å². The van der Waals surface area contributed by atoms with E-state index in [-0.39, 0.29) is 18.7 Å². The van der Waals surface area contributed by atoms with Crippen LogP contribution in [0.1, 0.15) is 34.5 Å². The molecule has 1 aromatic carbocycles. The molecule has 2 aliphatic heterocycles. The van der Waals surface area contributed by atoms with Gasteiger partial charge in [0.15, 0.2) is 11.5 Å². The fraction of sp³-hybridized carbons (Fsp3) is 0.333. The second kappa shape index (κ2) is 8.81. The molecule has 2 aromatic heterocycles. The van der Waals surface area contributed by atoms with E-state index in [2.05, 4.69) is 22.0 Å². The summed E-state index contributed by atoms with van der Waals surface area (Å²) in [4.78, 5) is 22.0. The Bertz CT molecular complexity index is 1010. The molecule has 0 spiro atoms. The molecular weight excluding hydrogens is 394 g/mol. The van der Waals surface area contributed by atoms with Gasteiger partial charge in [-0.2, -0.15) is 0 Å². The van der Waals surface area contributed by atoms with E-state index in [0.29, 0.717) is 23.6 Å². The number of likely N-dealkylation sites (tertiary alicyclic amines) is 1. The van der Waals surface area contributed by atoms with Crippen molar-refractivity contribution in [1.82, 2.24) is 14.8 Å². The van der Waals surface area contributed by atoms with Gasteiger partial charge in [-0.1, -0.05) is 0 Å². The fourth-order valence-corrected chi connectivity index (χ4v) is 4.27. The van der Waals surface area contributed by atoms with Crippen LogP contribution in [0.25, 0.3) is 0 Å². The number of ether oxygens (including phenoxy) is 2. The summed E-state index contributed by atoms with van der Waals surface area (Å²) in [5.41, 5.74) is 1.87. The third kappa shape index (κ3) is 4.41. The summed E-state index contributed by atoms with van der Waals surface area (Å²) in [6.45, 7) is 3.43. The highest BCUT2D eigenvalue weighted by molar-refractivity contribution is 5.95. The fourth-order valence-electron chi connectivity index (χ4n) is 4.27. The maximum absolute atomic E-state index is 13.5. The van der Waals surface area contributed by atoms with Crippen LogP contribution in [-0.2, 0) is 13.1 Å². The van der Waals surface area contributed by atoms with Gasteiger partial charge in [0, 0.05) is 43.6 Å². The van der Waals surface area contributed by atoms with Crippen molar-refractivity contribution >= 4 is 5.91 Å². The largest absolute Gasteiger partial charge is 0.467 e. The van der Waals surface area contributed by atoms with Crippen molar-refractivity contribution in [3.05, 3.63) is 78.0 Å². The lowest BCUT2D eigenvalue weighted by molar-refractivity contribution is 0.0523. The molecule has 7 heteroatoms. The number of pyridine rings is 1. The summed E-state index contributed by atoms with van der Waals surface area (Å²) in [7, 11) is 0. The Balaban J connectivity index is 1.30. The summed E-state index contributed by atoms with van der Waals surface area (Å²) >= 11 is 0. The average molecular weight is 419 g/mol. The molecule has 1 fully saturated rings. The number of benzene rings is 1. The Morgan fingerprint density at radius 1 is 1.06 bits per heavy atom. The predicted molar refractivity (Wildman–Crippen MR) is 114 cm³/mol. The molecule has 31 heavy (non-hydrogen) atoms. The van der Waals surface area contributed by atoms with E-state index in [9.17, 15) is 4.79 Å². The number of hydrogen-bond acceptors (Lipinski definition) is 6. The predicted octanol–water partition coefficient (Wildman–Crippen LogP) is 3.71. The van der Waals surface area contributed by atoms with Gasteiger partial charge in [0.1, 0.15) is 5.76 Å². The van der Waals surface area contributed by atoms with Gasteiger partial charge in [-0.3, -0.25) is 14.7 Å². The first kappa shape index (κ1) is 19.6. The summed E-state index contributed by atoms with van der Waals surface area (Å²) in [5, 5.41) is 0. The third-order valence-corrected chi connectivity index (χ3v) is 5.94. The zero-order valence-corrected chi connectivity index (χ0v) is 17.3. The number of piperidine rings is 1. The Labute approximate surface area is 181 Å². The number of hydrogen-bond donors (Lipinski definition) is 0. The van der Waals surface area contributed by atoms with E-state index < -0.39 is 0 Å². The van der Waals surface area contributed by atoms with E-state index in [0.717, 1.165) is 38.2 Å². The van der Waals surface area contributed by atoms with Crippen molar-refractivity contribution in [2.75, 3.05) is 19.9 Å². The van der Waals surface area contributed by atoms with Crippen molar-refractivity contribution in [3.8, 4) is 11.5 Å². The number of amides is 1. The lowest BCUT2D eigenvalue weighted by atomic mass is 10.0. The van der Waals surface area contributed by atoms with Crippen LogP contribution in [0.15, 0.2) is 65.5 Å². The van der Waals surface area contributed by atoms with E-state index >= 15 is 0 Å². The number of carbonyl (C=O) groups is 1. The van der Waals surface area contributed by atoms with Crippen molar-refractivity contribution in [1.29, 1.82) is 0 Å². The van der Waals surface area contributed by atoms with Crippen LogP contribution < -0.4 is 9.47 Å². The Kier molecular flexibility index (Phi) is 5.58. The summed E-state index contributed by atoms with van der Waals surface area (Å²) in [6, 6.07) is 13.4. The highest BCUT2D eigenvalue weighted by Crippen LogP contribution is 2.33. The summed E-state index contributed by atoms with van der Waals surface area (Å²) in [5.74, 6) is 2.07. The molecular formula is C24H25N3O4. The van der Waals surface area contributed by atoms with Gasteiger partial charge in [0.25, 0.3) is 5.91 Å². The SMILES string of the molecule is O=C(c1ccc2c(c1)OCO2)N(Cc1ccco1)C1CCN(Cc2ccncc2)CC1. The standard InChI is InChI=1S/C24H25N3O4/c28-24(19-3-4-22-23(14-19)31-17-30-22)27(16-21-2-1-13-29-21)20-7-11-26(12-8-20)15-18-5-9-25-10-6-18/h1-6,9-10,13-14,20H,7-8,11-12,15-17H2. The van der Waals surface area contributed by atoms with Gasteiger partial charge < -0.3 is 18.8 Å². The number of fused-ring (bicyclic) bond motifs is 1. The molecule has 3 aromatic rings. The first-order valence-electron chi connectivity index (χ1n) is 10.6. The average Bonchev–Trinajstić information content (AvgIpc) is 3.50. The number of furan rings is 1. The maximum atomic E-state index is 13.5.